The van der Waals surface area contributed by atoms with Crippen molar-refractivity contribution in [1.82, 2.24) is 4.90 Å². The monoisotopic (exact) mass is 370 g/mol. The maximum atomic E-state index is 11.4. The number of anilines is 1. The summed E-state index contributed by atoms with van der Waals surface area (Å²) in [5.74, 6) is 0.106. The van der Waals surface area contributed by atoms with Crippen LogP contribution in [0.3, 0.4) is 0 Å². The first-order valence-electron chi connectivity index (χ1n) is 9.92. The predicted molar refractivity (Wildman–Crippen MR) is 116 cm³/mol. The van der Waals surface area contributed by atoms with E-state index in [1.54, 1.807) is 6.92 Å². The summed E-state index contributed by atoms with van der Waals surface area (Å²) in [4.78, 5) is 16.4. The molecule has 3 aromatic carbocycles. The molecule has 3 nitrogen and oxygen atoms in total. The number of ketones is 1. The lowest BCUT2D eigenvalue weighted by Gasteiger charge is -2.36. The Hall–Kier alpha value is -2.91. The van der Waals surface area contributed by atoms with E-state index in [1.807, 2.05) is 24.3 Å². The molecule has 3 aromatic rings. The summed E-state index contributed by atoms with van der Waals surface area (Å²) in [6.45, 7) is 6.91. The molecule has 0 N–H and O–H groups in total. The van der Waals surface area contributed by atoms with E-state index < -0.39 is 0 Å². The predicted octanol–water partition coefficient (Wildman–Crippen LogP) is 4.88. The first-order chi connectivity index (χ1) is 13.7. The van der Waals surface area contributed by atoms with Crippen LogP contribution in [0.25, 0.3) is 11.1 Å². The quantitative estimate of drug-likeness (QED) is 0.598. The SMILES string of the molecule is CC(=O)c1ccc(-c2ccc(CN3CCN(c4ccccc4)CC3)cc2)cc1. The number of para-hydroxylation sites is 1. The topological polar surface area (TPSA) is 23.6 Å². The third-order valence-corrected chi connectivity index (χ3v) is 5.48. The van der Waals surface area contributed by atoms with Crippen LogP contribution >= 0.6 is 0 Å². The van der Waals surface area contributed by atoms with E-state index in [0.29, 0.717) is 0 Å². The zero-order valence-electron chi connectivity index (χ0n) is 16.3. The largest absolute Gasteiger partial charge is 0.369 e. The number of carbonyl (C=O) groups is 1. The van der Waals surface area contributed by atoms with Crippen LogP contribution < -0.4 is 4.90 Å². The maximum Gasteiger partial charge on any atom is 0.159 e. The lowest BCUT2D eigenvalue weighted by atomic mass is 10.0. The van der Waals surface area contributed by atoms with Crippen molar-refractivity contribution in [3.05, 3.63) is 90.0 Å². The number of nitrogens with zero attached hydrogens (tertiary/aromatic N) is 2. The highest BCUT2D eigenvalue weighted by atomic mass is 16.1. The molecule has 1 fully saturated rings. The fourth-order valence-corrected chi connectivity index (χ4v) is 3.76. The van der Waals surface area contributed by atoms with Crippen LogP contribution in [-0.2, 0) is 6.54 Å². The van der Waals surface area contributed by atoms with Crippen molar-refractivity contribution < 1.29 is 4.79 Å². The van der Waals surface area contributed by atoms with Gasteiger partial charge in [0.1, 0.15) is 0 Å². The Morgan fingerprint density at radius 2 is 1.32 bits per heavy atom. The van der Waals surface area contributed by atoms with Gasteiger partial charge in [0.05, 0.1) is 0 Å². The van der Waals surface area contributed by atoms with Gasteiger partial charge in [-0.2, -0.15) is 0 Å². The molecule has 0 atom stereocenters. The zero-order valence-corrected chi connectivity index (χ0v) is 16.3. The molecule has 0 saturated carbocycles. The normalized spacial score (nSPS) is 14.8. The molecule has 142 valence electrons. The Bertz CT molecular complexity index is 909. The summed E-state index contributed by atoms with van der Waals surface area (Å²) in [6.07, 6.45) is 0. The van der Waals surface area contributed by atoms with Crippen LogP contribution in [0.5, 0.6) is 0 Å². The van der Waals surface area contributed by atoms with Crippen molar-refractivity contribution in [2.24, 2.45) is 0 Å². The number of benzene rings is 3. The van der Waals surface area contributed by atoms with E-state index in [9.17, 15) is 4.79 Å². The maximum absolute atomic E-state index is 11.4. The molecule has 0 aromatic heterocycles. The van der Waals surface area contributed by atoms with Gasteiger partial charge >= 0.3 is 0 Å². The average Bonchev–Trinajstić information content (AvgIpc) is 2.75. The molecular formula is C25H26N2O. The smallest absolute Gasteiger partial charge is 0.159 e. The minimum absolute atomic E-state index is 0.106. The van der Waals surface area contributed by atoms with Crippen molar-refractivity contribution in [1.29, 1.82) is 0 Å². The second-order valence-electron chi connectivity index (χ2n) is 7.43. The molecule has 1 saturated heterocycles. The van der Waals surface area contributed by atoms with Crippen LogP contribution in [-0.4, -0.2) is 36.9 Å². The second-order valence-corrected chi connectivity index (χ2v) is 7.43. The summed E-state index contributed by atoms with van der Waals surface area (Å²) in [5.41, 5.74) is 5.76. The molecule has 4 rings (SSSR count). The van der Waals surface area contributed by atoms with Gasteiger partial charge in [-0.05, 0) is 35.7 Å². The van der Waals surface area contributed by atoms with Gasteiger partial charge in [0.25, 0.3) is 0 Å². The lowest BCUT2D eigenvalue weighted by molar-refractivity contribution is 0.101. The molecule has 0 amide bonds. The molecule has 0 unspecified atom stereocenters. The fraction of sp³-hybridized carbons (Fsp3) is 0.240. The highest BCUT2D eigenvalue weighted by Crippen LogP contribution is 2.22. The summed E-state index contributed by atoms with van der Waals surface area (Å²) in [6, 6.07) is 27.3. The van der Waals surface area contributed by atoms with Gasteiger partial charge in [0.2, 0.25) is 0 Å². The minimum Gasteiger partial charge on any atom is -0.369 e. The first-order valence-corrected chi connectivity index (χ1v) is 9.92. The number of hydrogen-bond donors (Lipinski definition) is 0. The van der Waals surface area contributed by atoms with Crippen LogP contribution in [0.4, 0.5) is 5.69 Å². The number of carbonyl (C=O) groups excluding carboxylic acids is 1. The van der Waals surface area contributed by atoms with Crippen molar-refractivity contribution in [2.45, 2.75) is 13.5 Å². The van der Waals surface area contributed by atoms with Crippen molar-refractivity contribution in [3.8, 4) is 11.1 Å². The fourth-order valence-electron chi connectivity index (χ4n) is 3.76. The van der Waals surface area contributed by atoms with Gasteiger partial charge in [-0.3, -0.25) is 9.69 Å². The molecule has 28 heavy (non-hydrogen) atoms. The van der Waals surface area contributed by atoms with E-state index in [2.05, 4.69) is 64.4 Å². The minimum atomic E-state index is 0.106. The highest BCUT2D eigenvalue weighted by Gasteiger charge is 2.17. The molecular weight excluding hydrogens is 344 g/mol. The third kappa shape index (κ3) is 4.32. The Morgan fingerprint density at radius 3 is 1.89 bits per heavy atom. The van der Waals surface area contributed by atoms with Gasteiger partial charge in [-0.25, -0.2) is 0 Å². The van der Waals surface area contributed by atoms with Crippen LogP contribution in [0.2, 0.25) is 0 Å². The molecule has 1 heterocycles. The van der Waals surface area contributed by atoms with E-state index in [0.717, 1.165) is 43.9 Å². The highest BCUT2D eigenvalue weighted by molar-refractivity contribution is 5.94. The van der Waals surface area contributed by atoms with E-state index in [-0.39, 0.29) is 5.78 Å². The second kappa shape index (κ2) is 8.41. The standard InChI is InChI=1S/C25H26N2O/c1-20(28)22-11-13-24(14-12-22)23-9-7-21(8-10-23)19-26-15-17-27(18-16-26)25-5-3-2-4-6-25/h2-14H,15-19H2,1H3. The number of rotatable bonds is 5. The molecule has 0 bridgehead atoms. The Balaban J connectivity index is 1.34. The van der Waals surface area contributed by atoms with Gasteiger partial charge in [-0.1, -0.05) is 66.7 Å². The van der Waals surface area contributed by atoms with E-state index in [4.69, 9.17) is 0 Å². The number of piperazine rings is 1. The third-order valence-electron chi connectivity index (χ3n) is 5.48. The van der Waals surface area contributed by atoms with Gasteiger partial charge in [0.15, 0.2) is 5.78 Å². The van der Waals surface area contributed by atoms with E-state index >= 15 is 0 Å². The Morgan fingerprint density at radius 1 is 0.750 bits per heavy atom. The molecule has 0 spiro atoms. The summed E-state index contributed by atoms with van der Waals surface area (Å²) >= 11 is 0. The Labute approximate surface area is 167 Å². The van der Waals surface area contributed by atoms with Gasteiger partial charge in [-0.15, -0.1) is 0 Å². The van der Waals surface area contributed by atoms with Crippen molar-refractivity contribution in [3.63, 3.8) is 0 Å². The van der Waals surface area contributed by atoms with Crippen molar-refractivity contribution >= 4 is 11.5 Å². The van der Waals surface area contributed by atoms with Crippen LogP contribution in [0, 0.1) is 0 Å². The molecule has 1 aliphatic rings. The molecule has 0 aliphatic carbocycles. The van der Waals surface area contributed by atoms with Crippen molar-refractivity contribution in [2.75, 3.05) is 31.1 Å². The van der Waals surface area contributed by atoms with Gasteiger partial charge in [0, 0.05) is 44.0 Å². The van der Waals surface area contributed by atoms with Crippen LogP contribution in [0.1, 0.15) is 22.8 Å². The van der Waals surface area contributed by atoms with Crippen LogP contribution in [0.15, 0.2) is 78.9 Å². The summed E-state index contributed by atoms with van der Waals surface area (Å²) in [7, 11) is 0. The summed E-state index contributed by atoms with van der Waals surface area (Å²) < 4.78 is 0. The molecule has 3 heteroatoms. The van der Waals surface area contributed by atoms with E-state index in [1.165, 1.54) is 16.8 Å². The number of hydrogen-bond acceptors (Lipinski definition) is 3. The lowest BCUT2D eigenvalue weighted by Crippen LogP contribution is -2.45. The Kier molecular flexibility index (Phi) is 5.54. The number of Topliss-reactive ketones (excluding diaryl/α,β-unsaturated/α-hetero) is 1. The summed E-state index contributed by atoms with van der Waals surface area (Å²) in [5, 5.41) is 0. The average molecular weight is 370 g/mol. The molecule has 1 aliphatic heterocycles. The first kappa shape index (κ1) is 18.5. The van der Waals surface area contributed by atoms with Gasteiger partial charge < -0.3 is 4.90 Å². The molecule has 0 radical (unpaired) electrons. The zero-order chi connectivity index (χ0) is 19.3.